The lowest BCUT2D eigenvalue weighted by Gasteiger charge is -2.21. The lowest BCUT2D eigenvalue weighted by molar-refractivity contribution is -0.115. The van der Waals surface area contributed by atoms with E-state index in [1.54, 1.807) is 6.07 Å². The normalized spacial score (nSPS) is 10.3. The minimum Gasteiger partial charge on any atom is -0.399 e. The fraction of sp³-hybridized carbons (Fsp3) is 0.0769. The zero-order valence-corrected chi connectivity index (χ0v) is 10.9. The Hall–Kier alpha value is -2.14. The Balaban J connectivity index is 2.58. The largest absolute Gasteiger partial charge is 0.399 e. The number of rotatable bonds is 2. The molecule has 0 aliphatic carbocycles. The summed E-state index contributed by atoms with van der Waals surface area (Å²) in [5, 5.41) is 0.251. The molecule has 0 unspecified atom stereocenters. The standard InChI is InChI=1S/C13H11ClFN3O/c1-8(19)18(13-7-10(16)4-5-17-13)12-6-9(15)2-3-11(12)14/h2-7H,1H3,(H2,16,17). The van der Waals surface area contributed by atoms with E-state index in [1.807, 2.05) is 0 Å². The zero-order chi connectivity index (χ0) is 14.0. The van der Waals surface area contributed by atoms with Gasteiger partial charge in [0, 0.05) is 24.9 Å². The van der Waals surface area contributed by atoms with Crippen LogP contribution in [0, 0.1) is 5.82 Å². The van der Waals surface area contributed by atoms with Gasteiger partial charge in [-0.05, 0) is 24.3 Å². The number of hydrogen-bond acceptors (Lipinski definition) is 3. The number of hydrogen-bond donors (Lipinski definition) is 1. The molecule has 1 amide bonds. The van der Waals surface area contributed by atoms with Crippen molar-refractivity contribution in [3.8, 4) is 0 Å². The molecule has 2 rings (SSSR count). The van der Waals surface area contributed by atoms with Crippen LogP contribution in [0.2, 0.25) is 5.02 Å². The number of aromatic nitrogens is 1. The highest BCUT2D eigenvalue weighted by molar-refractivity contribution is 6.34. The molecule has 4 nitrogen and oxygen atoms in total. The highest BCUT2D eigenvalue weighted by Gasteiger charge is 2.19. The van der Waals surface area contributed by atoms with Crippen molar-refractivity contribution in [2.75, 3.05) is 10.6 Å². The van der Waals surface area contributed by atoms with Gasteiger partial charge in [-0.15, -0.1) is 0 Å². The quantitative estimate of drug-likeness (QED) is 0.919. The van der Waals surface area contributed by atoms with Gasteiger partial charge in [-0.2, -0.15) is 0 Å². The van der Waals surface area contributed by atoms with Crippen molar-refractivity contribution in [1.82, 2.24) is 4.98 Å². The van der Waals surface area contributed by atoms with Crippen molar-refractivity contribution >= 4 is 34.7 Å². The molecule has 0 atom stereocenters. The van der Waals surface area contributed by atoms with Gasteiger partial charge in [0.15, 0.2) is 0 Å². The number of halogens is 2. The highest BCUT2D eigenvalue weighted by atomic mass is 35.5. The molecule has 98 valence electrons. The summed E-state index contributed by atoms with van der Waals surface area (Å²) >= 11 is 6.01. The van der Waals surface area contributed by atoms with E-state index in [0.717, 1.165) is 0 Å². The molecule has 0 spiro atoms. The molecule has 1 aromatic carbocycles. The van der Waals surface area contributed by atoms with Gasteiger partial charge >= 0.3 is 0 Å². The number of benzene rings is 1. The molecule has 0 bridgehead atoms. The predicted molar refractivity (Wildman–Crippen MR) is 72.9 cm³/mol. The van der Waals surface area contributed by atoms with Gasteiger partial charge in [0.1, 0.15) is 11.6 Å². The number of nitrogens with zero attached hydrogens (tertiary/aromatic N) is 2. The van der Waals surface area contributed by atoms with Gasteiger partial charge in [0.2, 0.25) is 5.91 Å². The summed E-state index contributed by atoms with van der Waals surface area (Å²) in [6, 6.07) is 6.89. The Bertz CT molecular complexity index is 633. The van der Waals surface area contributed by atoms with Crippen LogP contribution in [0.5, 0.6) is 0 Å². The van der Waals surface area contributed by atoms with E-state index in [1.165, 1.54) is 42.3 Å². The lowest BCUT2D eigenvalue weighted by Crippen LogP contribution is -2.24. The van der Waals surface area contributed by atoms with E-state index in [4.69, 9.17) is 17.3 Å². The van der Waals surface area contributed by atoms with Crippen molar-refractivity contribution in [3.63, 3.8) is 0 Å². The maximum Gasteiger partial charge on any atom is 0.229 e. The fourth-order valence-electron chi connectivity index (χ4n) is 1.67. The second-order valence-corrected chi connectivity index (χ2v) is 4.30. The second-order valence-electron chi connectivity index (χ2n) is 3.90. The van der Waals surface area contributed by atoms with Crippen LogP contribution in [0.25, 0.3) is 0 Å². The van der Waals surface area contributed by atoms with Crippen molar-refractivity contribution in [2.45, 2.75) is 6.92 Å². The van der Waals surface area contributed by atoms with Crippen molar-refractivity contribution < 1.29 is 9.18 Å². The van der Waals surface area contributed by atoms with Crippen LogP contribution in [0.15, 0.2) is 36.5 Å². The van der Waals surface area contributed by atoms with E-state index in [2.05, 4.69) is 4.98 Å². The van der Waals surface area contributed by atoms with Crippen LogP contribution in [-0.2, 0) is 4.79 Å². The zero-order valence-electron chi connectivity index (χ0n) is 10.1. The molecule has 0 radical (unpaired) electrons. The van der Waals surface area contributed by atoms with Crippen LogP contribution >= 0.6 is 11.6 Å². The van der Waals surface area contributed by atoms with Gasteiger partial charge < -0.3 is 5.73 Å². The third-order valence-electron chi connectivity index (χ3n) is 2.46. The van der Waals surface area contributed by atoms with E-state index in [-0.39, 0.29) is 16.6 Å². The first-order valence-electron chi connectivity index (χ1n) is 5.46. The number of nitrogen functional groups attached to an aromatic ring is 1. The first kappa shape index (κ1) is 13.3. The molecule has 2 aromatic rings. The topological polar surface area (TPSA) is 59.2 Å². The lowest BCUT2D eigenvalue weighted by atomic mass is 10.2. The van der Waals surface area contributed by atoms with Crippen molar-refractivity contribution in [3.05, 3.63) is 47.4 Å². The van der Waals surface area contributed by atoms with Crippen molar-refractivity contribution in [2.24, 2.45) is 0 Å². The Morgan fingerprint density at radius 2 is 2.11 bits per heavy atom. The Labute approximate surface area is 114 Å². The van der Waals surface area contributed by atoms with Crippen LogP contribution < -0.4 is 10.6 Å². The number of carbonyl (C=O) groups excluding carboxylic acids is 1. The summed E-state index contributed by atoms with van der Waals surface area (Å²) in [4.78, 5) is 17.0. The van der Waals surface area contributed by atoms with Crippen LogP contribution in [0.3, 0.4) is 0 Å². The summed E-state index contributed by atoms with van der Waals surface area (Å²) in [6.45, 7) is 1.34. The van der Waals surface area contributed by atoms with E-state index >= 15 is 0 Å². The summed E-state index contributed by atoms with van der Waals surface area (Å²) in [5.41, 5.74) is 6.33. The summed E-state index contributed by atoms with van der Waals surface area (Å²) < 4.78 is 13.3. The minimum atomic E-state index is -0.491. The van der Waals surface area contributed by atoms with Gasteiger partial charge in [-0.1, -0.05) is 11.6 Å². The van der Waals surface area contributed by atoms with Crippen LogP contribution in [0.4, 0.5) is 21.6 Å². The monoisotopic (exact) mass is 279 g/mol. The molecular formula is C13H11ClFN3O. The highest BCUT2D eigenvalue weighted by Crippen LogP contribution is 2.32. The summed E-state index contributed by atoms with van der Waals surface area (Å²) in [6.07, 6.45) is 1.47. The Kier molecular flexibility index (Phi) is 3.66. The maximum absolute atomic E-state index is 13.3. The van der Waals surface area contributed by atoms with Crippen molar-refractivity contribution in [1.29, 1.82) is 0 Å². The maximum atomic E-state index is 13.3. The Morgan fingerprint density at radius 1 is 1.37 bits per heavy atom. The molecular weight excluding hydrogens is 269 g/mol. The molecule has 0 fully saturated rings. The number of amides is 1. The third kappa shape index (κ3) is 2.82. The van der Waals surface area contributed by atoms with Crippen LogP contribution in [0.1, 0.15) is 6.92 Å². The fourth-order valence-corrected chi connectivity index (χ4v) is 1.87. The first-order chi connectivity index (χ1) is 8.99. The molecule has 2 N–H and O–H groups in total. The smallest absolute Gasteiger partial charge is 0.229 e. The number of anilines is 3. The SMILES string of the molecule is CC(=O)N(c1cc(N)ccn1)c1cc(F)ccc1Cl. The first-order valence-corrected chi connectivity index (χ1v) is 5.84. The molecule has 19 heavy (non-hydrogen) atoms. The van der Waals surface area contributed by atoms with Crippen LogP contribution in [-0.4, -0.2) is 10.9 Å². The predicted octanol–water partition coefficient (Wildman–Crippen LogP) is 3.14. The molecule has 1 heterocycles. The molecule has 0 aliphatic rings. The molecule has 6 heteroatoms. The molecule has 0 saturated carbocycles. The second kappa shape index (κ2) is 5.24. The summed E-state index contributed by atoms with van der Waals surface area (Å²) in [7, 11) is 0. The van der Waals surface area contributed by atoms with Gasteiger partial charge in [-0.3, -0.25) is 9.69 Å². The van der Waals surface area contributed by atoms with E-state index in [9.17, 15) is 9.18 Å². The molecule has 0 aliphatic heterocycles. The number of nitrogens with two attached hydrogens (primary N) is 1. The van der Waals surface area contributed by atoms with E-state index in [0.29, 0.717) is 11.5 Å². The molecule has 1 aromatic heterocycles. The summed E-state index contributed by atoms with van der Waals surface area (Å²) in [5.74, 6) is -0.542. The average Bonchev–Trinajstić information content (AvgIpc) is 2.33. The van der Waals surface area contributed by atoms with Gasteiger partial charge in [0.25, 0.3) is 0 Å². The number of carbonyl (C=O) groups is 1. The number of pyridine rings is 1. The minimum absolute atomic E-state index is 0.229. The van der Waals surface area contributed by atoms with Gasteiger partial charge in [0.05, 0.1) is 10.7 Å². The van der Waals surface area contributed by atoms with Gasteiger partial charge in [-0.25, -0.2) is 9.37 Å². The third-order valence-corrected chi connectivity index (χ3v) is 2.78. The average molecular weight is 280 g/mol. The van der Waals surface area contributed by atoms with E-state index < -0.39 is 5.82 Å². The molecule has 0 saturated heterocycles. The Morgan fingerprint density at radius 3 is 2.74 bits per heavy atom.